The van der Waals surface area contributed by atoms with Gasteiger partial charge in [-0.1, -0.05) is 11.6 Å². The van der Waals surface area contributed by atoms with Crippen molar-refractivity contribution >= 4 is 23.3 Å². The van der Waals surface area contributed by atoms with E-state index in [1.807, 2.05) is 0 Å². The molecular formula is C11H8ClN3O4. The Hall–Kier alpha value is -2.41. The maximum absolute atomic E-state index is 10.9. The van der Waals surface area contributed by atoms with E-state index in [2.05, 4.69) is 4.98 Å². The van der Waals surface area contributed by atoms with Gasteiger partial charge >= 0.3 is 5.97 Å². The van der Waals surface area contributed by atoms with Crippen LogP contribution in [0.3, 0.4) is 0 Å². The molecule has 0 fully saturated rings. The van der Waals surface area contributed by atoms with E-state index in [-0.39, 0.29) is 17.9 Å². The lowest BCUT2D eigenvalue weighted by atomic mass is 10.2. The highest BCUT2D eigenvalue weighted by Crippen LogP contribution is 2.23. The maximum Gasteiger partial charge on any atom is 0.356 e. The van der Waals surface area contributed by atoms with E-state index in [4.69, 9.17) is 16.7 Å². The largest absolute Gasteiger partial charge is 0.476 e. The van der Waals surface area contributed by atoms with Crippen LogP contribution in [-0.2, 0) is 6.54 Å². The van der Waals surface area contributed by atoms with Crippen LogP contribution >= 0.6 is 11.6 Å². The number of aromatic nitrogens is 2. The summed E-state index contributed by atoms with van der Waals surface area (Å²) in [6, 6.07) is 4.21. The van der Waals surface area contributed by atoms with Crippen molar-refractivity contribution in [3.63, 3.8) is 0 Å². The van der Waals surface area contributed by atoms with Crippen LogP contribution in [0.25, 0.3) is 0 Å². The van der Waals surface area contributed by atoms with Crippen LogP contribution in [0.4, 0.5) is 5.69 Å². The number of hydrogen-bond acceptors (Lipinski definition) is 4. The molecule has 7 nitrogen and oxygen atoms in total. The topological polar surface area (TPSA) is 98.3 Å². The van der Waals surface area contributed by atoms with Gasteiger partial charge in [0.25, 0.3) is 5.69 Å². The van der Waals surface area contributed by atoms with Crippen molar-refractivity contribution in [2.45, 2.75) is 6.54 Å². The van der Waals surface area contributed by atoms with Crippen molar-refractivity contribution in [3.05, 3.63) is 57.1 Å². The SMILES string of the molecule is O=C(O)c1cn(Cc2cc(Cl)ccc2[N+](=O)[O-])cn1. The Labute approximate surface area is 112 Å². The highest BCUT2D eigenvalue weighted by atomic mass is 35.5. The van der Waals surface area contributed by atoms with Crippen molar-refractivity contribution in [2.75, 3.05) is 0 Å². The summed E-state index contributed by atoms with van der Waals surface area (Å²) in [5.41, 5.74) is 0.187. The molecule has 1 N–H and O–H groups in total. The monoisotopic (exact) mass is 281 g/mol. The second-order valence-corrected chi connectivity index (χ2v) is 4.20. The molecule has 0 aliphatic rings. The smallest absolute Gasteiger partial charge is 0.356 e. The van der Waals surface area contributed by atoms with Gasteiger partial charge in [0.2, 0.25) is 0 Å². The van der Waals surface area contributed by atoms with Crippen molar-refractivity contribution in [2.24, 2.45) is 0 Å². The summed E-state index contributed by atoms with van der Waals surface area (Å²) in [6.45, 7) is 0.122. The molecular weight excluding hydrogens is 274 g/mol. The van der Waals surface area contributed by atoms with Crippen molar-refractivity contribution in [3.8, 4) is 0 Å². The minimum absolute atomic E-state index is 0.0741. The number of imidazole rings is 1. The van der Waals surface area contributed by atoms with Crippen LogP contribution in [0.15, 0.2) is 30.7 Å². The van der Waals surface area contributed by atoms with Crippen LogP contribution in [0.5, 0.6) is 0 Å². The lowest BCUT2D eigenvalue weighted by Crippen LogP contribution is -2.02. The fourth-order valence-corrected chi connectivity index (χ4v) is 1.81. The molecule has 98 valence electrons. The van der Waals surface area contributed by atoms with Gasteiger partial charge in [0.05, 0.1) is 23.4 Å². The molecule has 0 spiro atoms. The molecule has 0 bridgehead atoms. The summed E-state index contributed by atoms with van der Waals surface area (Å²) in [7, 11) is 0. The molecule has 2 rings (SSSR count). The number of hydrogen-bond donors (Lipinski definition) is 1. The van der Waals surface area contributed by atoms with Crippen molar-refractivity contribution in [1.82, 2.24) is 9.55 Å². The Morgan fingerprint density at radius 2 is 2.26 bits per heavy atom. The molecule has 19 heavy (non-hydrogen) atoms. The first-order chi connectivity index (χ1) is 8.97. The Bertz CT molecular complexity index is 653. The van der Waals surface area contributed by atoms with Crippen LogP contribution in [-0.4, -0.2) is 25.6 Å². The number of aromatic carboxylic acids is 1. The summed E-state index contributed by atoms with van der Waals surface area (Å²) in [4.78, 5) is 24.7. The Morgan fingerprint density at radius 1 is 1.53 bits per heavy atom. The normalized spacial score (nSPS) is 10.4. The lowest BCUT2D eigenvalue weighted by Gasteiger charge is -2.04. The molecule has 0 saturated carbocycles. The molecule has 0 aliphatic carbocycles. The van der Waals surface area contributed by atoms with Crippen LogP contribution in [0.1, 0.15) is 16.1 Å². The van der Waals surface area contributed by atoms with Crippen LogP contribution in [0.2, 0.25) is 5.02 Å². The number of benzene rings is 1. The number of nitro groups is 1. The lowest BCUT2D eigenvalue weighted by molar-refractivity contribution is -0.385. The average molecular weight is 282 g/mol. The van der Waals surface area contributed by atoms with Gasteiger partial charge in [0.15, 0.2) is 5.69 Å². The maximum atomic E-state index is 10.9. The second-order valence-electron chi connectivity index (χ2n) is 3.77. The Balaban J connectivity index is 2.33. The zero-order valence-corrected chi connectivity index (χ0v) is 10.2. The molecule has 0 saturated heterocycles. The van der Waals surface area contributed by atoms with Gasteiger partial charge in [-0.05, 0) is 12.1 Å². The van der Waals surface area contributed by atoms with E-state index in [1.165, 1.54) is 35.3 Å². The number of nitrogens with zero attached hydrogens (tertiary/aromatic N) is 3. The molecule has 0 radical (unpaired) electrons. The molecule has 0 aliphatic heterocycles. The summed E-state index contributed by atoms with van der Waals surface area (Å²) < 4.78 is 1.45. The van der Waals surface area contributed by atoms with Crippen LogP contribution in [0, 0.1) is 10.1 Å². The summed E-state index contributed by atoms with van der Waals surface area (Å²) in [5, 5.41) is 20.0. The van der Waals surface area contributed by atoms with Gasteiger partial charge in [-0.15, -0.1) is 0 Å². The molecule has 2 aromatic rings. The van der Waals surface area contributed by atoms with Gasteiger partial charge in [0, 0.05) is 17.3 Å². The third kappa shape index (κ3) is 2.89. The van der Waals surface area contributed by atoms with Gasteiger partial charge in [0.1, 0.15) is 0 Å². The minimum atomic E-state index is -1.15. The molecule has 1 heterocycles. The standard InChI is InChI=1S/C11H8ClN3O4/c12-8-1-2-10(15(18)19)7(3-8)4-14-5-9(11(16)17)13-6-14/h1-3,5-6H,4H2,(H,16,17). The predicted octanol–water partition coefficient (Wildman–Crippen LogP) is 2.19. The first-order valence-electron chi connectivity index (χ1n) is 5.15. The van der Waals surface area contributed by atoms with Crippen LogP contribution < -0.4 is 0 Å². The third-order valence-corrected chi connectivity index (χ3v) is 2.68. The summed E-state index contributed by atoms with van der Waals surface area (Å²) in [5.74, 6) is -1.15. The Morgan fingerprint density at radius 3 is 2.84 bits per heavy atom. The molecule has 0 amide bonds. The molecule has 0 unspecified atom stereocenters. The average Bonchev–Trinajstić information content (AvgIpc) is 2.77. The molecule has 1 aromatic heterocycles. The molecule has 0 atom stereocenters. The van der Waals surface area contributed by atoms with E-state index in [9.17, 15) is 14.9 Å². The van der Waals surface area contributed by atoms with Gasteiger partial charge in [-0.3, -0.25) is 10.1 Å². The number of carbonyl (C=O) groups is 1. The Kier molecular flexibility index (Phi) is 3.48. The van der Waals surface area contributed by atoms with Gasteiger partial charge in [-0.2, -0.15) is 0 Å². The second kappa shape index (κ2) is 5.07. The van der Waals surface area contributed by atoms with Crippen molar-refractivity contribution < 1.29 is 14.8 Å². The zero-order valence-electron chi connectivity index (χ0n) is 9.49. The predicted molar refractivity (Wildman–Crippen MR) is 66.4 cm³/mol. The van der Waals surface area contributed by atoms with Gasteiger partial charge < -0.3 is 9.67 Å². The van der Waals surface area contributed by atoms with E-state index in [0.717, 1.165) is 0 Å². The van der Waals surface area contributed by atoms with E-state index < -0.39 is 10.9 Å². The summed E-state index contributed by atoms with van der Waals surface area (Å²) >= 11 is 5.80. The third-order valence-electron chi connectivity index (χ3n) is 2.44. The fourth-order valence-electron chi connectivity index (χ4n) is 1.61. The minimum Gasteiger partial charge on any atom is -0.476 e. The number of rotatable bonds is 4. The van der Waals surface area contributed by atoms with E-state index in [0.29, 0.717) is 10.6 Å². The number of carboxylic acid groups (broad SMARTS) is 1. The fraction of sp³-hybridized carbons (Fsp3) is 0.0909. The highest BCUT2D eigenvalue weighted by molar-refractivity contribution is 6.30. The molecule has 1 aromatic carbocycles. The number of halogens is 1. The van der Waals surface area contributed by atoms with E-state index >= 15 is 0 Å². The van der Waals surface area contributed by atoms with Gasteiger partial charge in [-0.25, -0.2) is 9.78 Å². The highest BCUT2D eigenvalue weighted by Gasteiger charge is 2.15. The van der Waals surface area contributed by atoms with Crippen molar-refractivity contribution in [1.29, 1.82) is 0 Å². The first kappa shape index (κ1) is 13.0. The van der Waals surface area contributed by atoms with E-state index in [1.54, 1.807) is 0 Å². The molecule has 8 heteroatoms. The quantitative estimate of drug-likeness (QED) is 0.684. The number of carboxylic acids is 1. The first-order valence-corrected chi connectivity index (χ1v) is 5.53. The zero-order chi connectivity index (χ0) is 14.0. The summed E-state index contributed by atoms with van der Waals surface area (Å²) in [6.07, 6.45) is 2.60. The number of nitro benzene ring substituents is 1.